The van der Waals surface area contributed by atoms with Crippen LogP contribution >= 0.6 is 15.9 Å². The van der Waals surface area contributed by atoms with Crippen molar-refractivity contribution in [2.75, 3.05) is 7.11 Å². The first-order valence-electron chi connectivity index (χ1n) is 3.35. The van der Waals surface area contributed by atoms with Crippen molar-refractivity contribution < 1.29 is 4.74 Å². The Morgan fingerprint density at radius 1 is 1.50 bits per heavy atom. The predicted molar refractivity (Wildman–Crippen MR) is 47.2 cm³/mol. The molecular formula is C7H6BrN3O. The molecule has 0 atom stereocenters. The van der Waals surface area contributed by atoms with E-state index in [1.165, 1.54) is 0 Å². The molecule has 0 unspecified atom stereocenters. The summed E-state index contributed by atoms with van der Waals surface area (Å²) in [5, 5.41) is 4.05. The third-order valence-corrected chi connectivity index (χ3v) is 1.93. The lowest BCUT2D eigenvalue weighted by Gasteiger charge is -1.89. The lowest BCUT2D eigenvalue weighted by Crippen LogP contribution is -1.87. The van der Waals surface area contributed by atoms with Crippen molar-refractivity contribution in [1.82, 2.24) is 14.6 Å². The lowest BCUT2D eigenvalue weighted by molar-refractivity contribution is 0.380. The largest absolute Gasteiger partial charge is 0.466 e. The molecule has 0 amide bonds. The number of rotatable bonds is 1. The van der Waals surface area contributed by atoms with E-state index in [1.807, 2.05) is 18.3 Å². The summed E-state index contributed by atoms with van der Waals surface area (Å²) in [6, 6.07) is 4.15. The van der Waals surface area contributed by atoms with Crippen LogP contribution in [-0.4, -0.2) is 21.7 Å². The summed E-state index contributed by atoms with van der Waals surface area (Å²) in [6.07, 6.45) is 1.82. The number of hydrogen-bond acceptors (Lipinski definition) is 3. The molecule has 0 saturated heterocycles. The van der Waals surface area contributed by atoms with Crippen LogP contribution in [0.2, 0.25) is 0 Å². The minimum Gasteiger partial charge on any atom is -0.466 e. The number of fused-ring (bicyclic) bond motifs is 1. The molecule has 0 fully saturated rings. The topological polar surface area (TPSA) is 39.4 Å². The van der Waals surface area contributed by atoms with Crippen LogP contribution in [0.4, 0.5) is 0 Å². The fourth-order valence-electron chi connectivity index (χ4n) is 0.924. The molecule has 0 aliphatic rings. The molecule has 0 aliphatic carbocycles. The van der Waals surface area contributed by atoms with Gasteiger partial charge >= 0.3 is 6.01 Å². The molecule has 2 rings (SSSR count). The van der Waals surface area contributed by atoms with E-state index in [0.717, 1.165) is 10.1 Å². The zero-order chi connectivity index (χ0) is 8.55. The summed E-state index contributed by atoms with van der Waals surface area (Å²) < 4.78 is 7.50. The van der Waals surface area contributed by atoms with Crippen LogP contribution in [0.1, 0.15) is 0 Å². The van der Waals surface area contributed by atoms with Crippen LogP contribution < -0.4 is 4.74 Å². The van der Waals surface area contributed by atoms with Crippen molar-refractivity contribution >= 4 is 21.6 Å². The molecule has 2 aromatic rings. The van der Waals surface area contributed by atoms with Gasteiger partial charge in [0.05, 0.1) is 7.11 Å². The van der Waals surface area contributed by atoms with Gasteiger partial charge in [-0.2, -0.15) is 4.98 Å². The van der Waals surface area contributed by atoms with E-state index < -0.39 is 0 Å². The van der Waals surface area contributed by atoms with E-state index in [-0.39, 0.29) is 0 Å². The van der Waals surface area contributed by atoms with E-state index in [1.54, 1.807) is 11.6 Å². The Hall–Kier alpha value is -1.10. The van der Waals surface area contributed by atoms with Crippen molar-refractivity contribution in [3.8, 4) is 6.01 Å². The number of ether oxygens (including phenoxy) is 1. The summed E-state index contributed by atoms with van der Waals surface area (Å²) in [5.41, 5.74) is 0.773. The van der Waals surface area contributed by atoms with E-state index >= 15 is 0 Å². The Labute approximate surface area is 77.3 Å². The Balaban J connectivity index is 2.67. The van der Waals surface area contributed by atoms with Crippen LogP contribution in [0.25, 0.3) is 5.65 Å². The van der Waals surface area contributed by atoms with Crippen LogP contribution in [0.3, 0.4) is 0 Å². The van der Waals surface area contributed by atoms with E-state index in [4.69, 9.17) is 4.74 Å². The van der Waals surface area contributed by atoms with Gasteiger partial charge in [0, 0.05) is 10.7 Å². The monoisotopic (exact) mass is 227 g/mol. The highest BCUT2D eigenvalue weighted by Crippen LogP contribution is 2.12. The minimum absolute atomic E-state index is 0.383. The Bertz CT molecular complexity index is 412. The van der Waals surface area contributed by atoms with Gasteiger partial charge in [-0.25, -0.2) is 4.52 Å². The number of aromatic nitrogens is 3. The molecule has 0 N–H and O–H groups in total. The van der Waals surface area contributed by atoms with E-state index in [0.29, 0.717) is 6.01 Å². The van der Waals surface area contributed by atoms with Gasteiger partial charge in [0.25, 0.3) is 0 Å². The van der Waals surface area contributed by atoms with Gasteiger partial charge in [-0.05, 0) is 28.1 Å². The maximum Gasteiger partial charge on any atom is 0.336 e. The van der Waals surface area contributed by atoms with Gasteiger partial charge in [0.1, 0.15) is 0 Å². The Morgan fingerprint density at radius 2 is 2.33 bits per heavy atom. The van der Waals surface area contributed by atoms with Crippen LogP contribution in [-0.2, 0) is 0 Å². The smallest absolute Gasteiger partial charge is 0.336 e. The minimum atomic E-state index is 0.383. The van der Waals surface area contributed by atoms with Gasteiger partial charge in [-0.3, -0.25) is 0 Å². The number of methoxy groups -OCH3 is 1. The maximum atomic E-state index is 4.88. The van der Waals surface area contributed by atoms with Gasteiger partial charge in [0.2, 0.25) is 0 Å². The van der Waals surface area contributed by atoms with Crippen molar-refractivity contribution in [3.05, 3.63) is 22.8 Å². The highest BCUT2D eigenvalue weighted by atomic mass is 79.9. The molecule has 0 aromatic carbocycles. The quantitative estimate of drug-likeness (QED) is 0.742. The average Bonchev–Trinajstić information content (AvgIpc) is 2.46. The zero-order valence-electron chi connectivity index (χ0n) is 6.36. The second kappa shape index (κ2) is 2.75. The SMILES string of the molecule is COc1nc2ccc(Br)cn2n1. The Kier molecular flexibility index (Phi) is 1.73. The molecule has 0 bridgehead atoms. The van der Waals surface area contributed by atoms with Gasteiger partial charge in [0.15, 0.2) is 5.65 Å². The standard InChI is InChI=1S/C7H6BrN3O/c1-12-7-9-6-3-2-5(8)4-11(6)10-7/h2-4H,1H3. The normalized spacial score (nSPS) is 10.5. The summed E-state index contributed by atoms with van der Waals surface area (Å²) in [4.78, 5) is 4.08. The number of pyridine rings is 1. The van der Waals surface area contributed by atoms with Crippen molar-refractivity contribution in [1.29, 1.82) is 0 Å². The third kappa shape index (κ3) is 1.16. The summed E-state index contributed by atoms with van der Waals surface area (Å²) in [5.74, 6) is 0. The van der Waals surface area contributed by atoms with Crippen molar-refractivity contribution in [2.45, 2.75) is 0 Å². The van der Waals surface area contributed by atoms with Crippen LogP contribution in [0.15, 0.2) is 22.8 Å². The van der Waals surface area contributed by atoms with Crippen molar-refractivity contribution in [3.63, 3.8) is 0 Å². The number of nitrogens with zero attached hydrogens (tertiary/aromatic N) is 3. The van der Waals surface area contributed by atoms with Gasteiger partial charge < -0.3 is 4.74 Å². The summed E-state index contributed by atoms with van der Waals surface area (Å²) >= 11 is 3.33. The lowest BCUT2D eigenvalue weighted by atomic mass is 10.5. The molecule has 62 valence electrons. The molecule has 5 heteroatoms. The first kappa shape index (κ1) is 7.54. The second-order valence-electron chi connectivity index (χ2n) is 2.25. The fraction of sp³-hybridized carbons (Fsp3) is 0.143. The zero-order valence-corrected chi connectivity index (χ0v) is 7.95. The van der Waals surface area contributed by atoms with Gasteiger partial charge in [-0.1, -0.05) is 0 Å². The highest BCUT2D eigenvalue weighted by Gasteiger charge is 2.01. The first-order chi connectivity index (χ1) is 5.79. The molecule has 0 saturated carbocycles. The number of halogens is 1. The molecular weight excluding hydrogens is 222 g/mol. The third-order valence-electron chi connectivity index (χ3n) is 1.46. The molecule has 0 spiro atoms. The van der Waals surface area contributed by atoms with Crippen LogP contribution in [0, 0.1) is 0 Å². The van der Waals surface area contributed by atoms with Gasteiger partial charge in [-0.15, -0.1) is 5.10 Å². The van der Waals surface area contributed by atoms with E-state index in [9.17, 15) is 0 Å². The molecule has 2 aromatic heterocycles. The molecule has 2 heterocycles. The highest BCUT2D eigenvalue weighted by molar-refractivity contribution is 9.10. The first-order valence-corrected chi connectivity index (χ1v) is 4.15. The predicted octanol–water partition coefficient (Wildman–Crippen LogP) is 1.50. The molecule has 0 radical (unpaired) electrons. The average molecular weight is 228 g/mol. The maximum absolute atomic E-state index is 4.88. The van der Waals surface area contributed by atoms with Crippen LogP contribution in [0.5, 0.6) is 6.01 Å². The summed E-state index contributed by atoms with van der Waals surface area (Å²) in [7, 11) is 1.55. The molecule has 0 aliphatic heterocycles. The second-order valence-corrected chi connectivity index (χ2v) is 3.16. The Morgan fingerprint density at radius 3 is 3.08 bits per heavy atom. The molecule has 4 nitrogen and oxygen atoms in total. The van der Waals surface area contributed by atoms with E-state index in [2.05, 4.69) is 26.0 Å². The molecule has 12 heavy (non-hydrogen) atoms. The summed E-state index contributed by atoms with van der Waals surface area (Å²) in [6.45, 7) is 0. The number of hydrogen-bond donors (Lipinski definition) is 0. The van der Waals surface area contributed by atoms with Crippen molar-refractivity contribution in [2.24, 2.45) is 0 Å². The fourth-order valence-corrected chi connectivity index (χ4v) is 1.25.